The van der Waals surface area contributed by atoms with Crippen LogP contribution in [0.1, 0.15) is 65.2 Å². The number of unbranched alkanes of at least 4 members (excludes halogenated alkanes) is 1. The maximum absolute atomic E-state index is 6.13. The summed E-state index contributed by atoms with van der Waals surface area (Å²) >= 11 is 0. The van der Waals surface area contributed by atoms with Gasteiger partial charge in [0, 0.05) is 12.1 Å². The SMILES string of the molecule is CCCCN(C)C1(CN)CCCC(CC)CC1. The van der Waals surface area contributed by atoms with Gasteiger partial charge in [-0.2, -0.15) is 0 Å². The number of likely N-dealkylation sites (N-methyl/N-ethyl adjacent to an activating group) is 1. The largest absolute Gasteiger partial charge is 0.329 e. The zero-order chi connectivity index (χ0) is 12.7. The molecule has 2 heteroatoms. The smallest absolute Gasteiger partial charge is 0.0328 e. The Balaban J connectivity index is 2.60. The first-order valence-corrected chi connectivity index (χ1v) is 7.59. The van der Waals surface area contributed by atoms with Gasteiger partial charge in [-0.15, -0.1) is 0 Å². The number of nitrogens with zero attached hydrogens (tertiary/aromatic N) is 1. The van der Waals surface area contributed by atoms with Gasteiger partial charge < -0.3 is 5.73 Å². The van der Waals surface area contributed by atoms with Gasteiger partial charge in [0.2, 0.25) is 0 Å². The highest BCUT2D eigenvalue weighted by atomic mass is 15.2. The molecule has 0 radical (unpaired) electrons. The van der Waals surface area contributed by atoms with Gasteiger partial charge >= 0.3 is 0 Å². The van der Waals surface area contributed by atoms with Crippen molar-refractivity contribution >= 4 is 0 Å². The number of nitrogens with two attached hydrogens (primary N) is 1. The van der Waals surface area contributed by atoms with E-state index in [1.807, 2.05) is 0 Å². The van der Waals surface area contributed by atoms with E-state index in [0.29, 0.717) is 5.54 Å². The van der Waals surface area contributed by atoms with Crippen LogP contribution in [0.25, 0.3) is 0 Å². The number of hydrogen-bond acceptors (Lipinski definition) is 2. The Morgan fingerprint density at radius 1 is 1.24 bits per heavy atom. The molecule has 2 N–H and O–H groups in total. The molecule has 17 heavy (non-hydrogen) atoms. The maximum Gasteiger partial charge on any atom is 0.0328 e. The molecular formula is C15H32N2. The molecule has 0 spiro atoms. The molecule has 0 saturated heterocycles. The lowest BCUT2D eigenvalue weighted by atomic mass is 9.87. The molecule has 0 heterocycles. The van der Waals surface area contributed by atoms with Crippen molar-refractivity contribution in [2.75, 3.05) is 20.1 Å². The van der Waals surface area contributed by atoms with Crippen LogP contribution in [0, 0.1) is 5.92 Å². The first-order valence-electron chi connectivity index (χ1n) is 7.59. The Morgan fingerprint density at radius 2 is 2.00 bits per heavy atom. The molecule has 0 aromatic heterocycles. The molecule has 2 atom stereocenters. The van der Waals surface area contributed by atoms with Crippen molar-refractivity contribution in [1.29, 1.82) is 0 Å². The van der Waals surface area contributed by atoms with Gasteiger partial charge in [0.15, 0.2) is 0 Å². The minimum absolute atomic E-state index is 0.305. The van der Waals surface area contributed by atoms with Crippen molar-refractivity contribution in [1.82, 2.24) is 4.90 Å². The third-order valence-electron chi connectivity index (χ3n) is 4.89. The Labute approximate surface area is 108 Å². The highest BCUT2D eigenvalue weighted by Gasteiger charge is 2.34. The highest BCUT2D eigenvalue weighted by Crippen LogP contribution is 2.34. The summed E-state index contributed by atoms with van der Waals surface area (Å²) in [6.45, 7) is 6.65. The summed E-state index contributed by atoms with van der Waals surface area (Å²) < 4.78 is 0. The van der Waals surface area contributed by atoms with Gasteiger partial charge in [0.1, 0.15) is 0 Å². The third-order valence-corrected chi connectivity index (χ3v) is 4.89. The first-order chi connectivity index (χ1) is 8.18. The molecule has 1 aliphatic rings. The van der Waals surface area contributed by atoms with E-state index in [1.54, 1.807) is 0 Å². The standard InChI is InChI=1S/C15H32N2/c1-4-6-12-17(3)15(13-16)10-7-8-14(5-2)9-11-15/h14H,4-13,16H2,1-3H3. The van der Waals surface area contributed by atoms with Crippen LogP contribution in [0.4, 0.5) is 0 Å². The van der Waals surface area contributed by atoms with Crippen LogP contribution < -0.4 is 5.73 Å². The van der Waals surface area contributed by atoms with Gasteiger partial charge in [-0.25, -0.2) is 0 Å². The molecule has 1 aliphatic carbocycles. The molecular weight excluding hydrogens is 208 g/mol. The summed E-state index contributed by atoms with van der Waals surface area (Å²) in [6.07, 6.45) is 10.7. The van der Waals surface area contributed by atoms with Crippen LogP contribution >= 0.6 is 0 Å². The van der Waals surface area contributed by atoms with Crippen molar-refractivity contribution in [2.24, 2.45) is 11.7 Å². The fraction of sp³-hybridized carbons (Fsp3) is 1.00. The van der Waals surface area contributed by atoms with Crippen LogP contribution in [0.2, 0.25) is 0 Å². The maximum atomic E-state index is 6.13. The lowest BCUT2D eigenvalue weighted by Gasteiger charge is -2.41. The number of hydrogen-bond donors (Lipinski definition) is 1. The quantitative estimate of drug-likeness (QED) is 0.721. The van der Waals surface area contributed by atoms with Crippen LogP contribution in [0.5, 0.6) is 0 Å². The zero-order valence-corrected chi connectivity index (χ0v) is 12.2. The second-order valence-electron chi connectivity index (χ2n) is 5.91. The van der Waals surface area contributed by atoms with Gasteiger partial charge in [-0.1, -0.05) is 39.5 Å². The van der Waals surface area contributed by atoms with Gasteiger partial charge in [-0.05, 0) is 45.2 Å². The monoisotopic (exact) mass is 240 g/mol. The van der Waals surface area contributed by atoms with E-state index in [-0.39, 0.29) is 0 Å². The molecule has 0 aromatic carbocycles. The van der Waals surface area contributed by atoms with Crippen molar-refractivity contribution in [3.63, 3.8) is 0 Å². The van der Waals surface area contributed by atoms with Crippen LogP contribution in [0.15, 0.2) is 0 Å². The average molecular weight is 240 g/mol. The summed E-state index contributed by atoms with van der Waals surface area (Å²) in [5, 5.41) is 0. The number of rotatable bonds is 6. The van der Waals surface area contributed by atoms with Gasteiger partial charge in [0.25, 0.3) is 0 Å². The normalized spacial score (nSPS) is 30.5. The Morgan fingerprint density at radius 3 is 2.59 bits per heavy atom. The Bertz CT molecular complexity index is 205. The van der Waals surface area contributed by atoms with E-state index in [2.05, 4.69) is 25.8 Å². The van der Waals surface area contributed by atoms with E-state index in [4.69, 9.17) is 5.73 Å². The second-order valence-corrected chi connectivity index (χ2v) is 5.91. The Hall–Kier alpha value is -0.0800. The van der Waals surface area contributed by atoms with Crippen molar-refractivity contribution < 1.29 is 0 Å². The van der Waals surface area contributed by atoms with E-state index < -0.39 is 0 Å². The predicted molar refractivity (Wildman–Crippen MR) is 76.2 cm³/mol. The fourth-order valence-corrected chi connectivity index (χ4v) is 3.24. The van der Waals surface area contributed by atoms with Gasteiger partial charge in [0.05, 0.1) is 0 Å². The first kappa shape index (κ1) is 15.0. The van der Waals surface area contributed by atoms with E-state index in [0.717, 1.165) is 12.5 Å². The van der Waals surface area contributed by atoms with E-state index in [1.165, 1.54) is 57.9 Å². The summed E-state index contributed by atoms with van der Waals surface area (Å²) in [7, 11) is 2.29. The lowest BCUT2D eigenvalue weighted by molar-refractivity contribution is 0.104. The molecule has 0 aromatic rings. The topological polar surface area (TPSA) is 29.3 Å². The van der Waals surface area contributed by atoms with Crippen molar-refractivity contribution in [3.05, 3.63) is 0 Å². The molecule has 2 nitrogen and oxygen atoms in total. The molecule has 0 amide bonds. The minimum Gasteiger partial charge on any atom is -0.329 e. The summed E-state index contributed by atoms with van der Waals surface area (Å²) in [5.74, 6) is 0.947. The fourth-order valence-electron chi connectivity index (χ4n) is 3.24. The lowest BCUT2D eigenvalue weighted by Crippen LogP contribution is -2.52. The average Bonchev–Trinajstić information content (AvgIpc) is 2.58. The van der Waals surface area contributed by atoms with Crippen molar-refractivity contribution in [2.45, 2.75) is 70.8 Å². The third kappa shape index (κ3) is 3.96. The molecule has 1 fully saturated rings. The summed E-state index contributed by atoms with van der Waals surface area (Å²) in [4.78, 5) is 2.56. The van der Waals surface area contributed by atoms with Crippen LogP contribution in [-0.4, -0.2) is 30.6 Å². The molecule has 1 rings (SSSR count). The second kappa shape index (κ2) is 7.38. The highest BCUT2D eigenvalue weighted by molar-refractivity contribution is 4.92. The molecule has 1 saturated carbocycles. The molecule has 0 bridgehead atoms. The van der Waals surface area contributed by atoms with Crippen molar-refractivity contribution in [3.8, 4) is 0 Å². The van der Waals surface area contributed by atoms with E-state index >= 15 is 0 Å². The molecule has 2 unspecified atom stereocenters. The molecule has 102 valence electrons. The van der Waals surface area contributed by atoms with Gasteiger partial charge in [-0.3, -0.25) is 4.90 Å². The summed E-state index contributed by atoms with van der Waals surface area (Å²) in [6, 6.07) is 0. The molecule has 0 aliphatic heterocycles. The van der Waals surface area contributed by atoms with E-state index in [9.17, 15) is 0 Å². The zero-order valence-electron chi connectivity index (χ0n) is 12.2. The minimum atomic E-state index is 0.305. The Kier molecular flexibility index (Phi) is 6.50. The van der Waals surface area contributed by atoms with Crippen LogP contribution in [0.3, 0.4) is 0 Å². The summed E-state index contributed by atoms with van der Waals surface area (Å²) in [5.41, 5.74) is 6.43. The predicted octanol–water partition coefficient (Wildman–Crippen LogP) is 3.41. The van der Waals surface area contributed by atoms with Crippen LogP contribution in [-0.2, 0) is 0 Å².